The molecule has 0 aromatic heterocycles. The van der Waals surface area contributed by atoms with Crippen LogP contribution in [-0.4, -0.2) is 54.7 Å². The number of rotatable bonds is 6. The van der Waals surface area contributed by atoms with Crippen molar-refractivity contribution in [1.82, 2.24) is 10.2 Å². The maximum Gasteiger partial charge on any atom is 0.319 e. The molecule has 8 nitrogen and oxygen atoms in total. The molecule has 8 heteroatoms. The van der Waals surface area contributed by atoms with Gasteiger partial charge in [-0.15, -0.1) is 0 Å². The zero-order valence-corrected chi connectivity index (χ0v) is 15.9. The fraction of sp³-hybridized carbons (Fsp3) is 0.526. The van der Waals surface area contributed by atoms with Crippen LogP contribution in [0.2, 0.25) is 0 Å². The summed E-state index contributed by atoms with van der Waals surface area (Å²) in [5, 5.41) is 14.7. The second-order valence-corrected chi connectivity index (χ2v) is 6.83. The Morgan fingerprint density at radius 3 is 2.41 bits per heavy atom. The van der Waals surface area contributed by atoms with Crippen molar-refractivity contribution in [3.05, 3.63) is 23.8 Å². The number of anilines is 1. The van der Waals surface area contributed by atoms with Crippen LogP contribution in [0.4, 0.5) is 10.5 Å². The van der Waals surface area contributed by atoms with E-state index in [0.717, 1.165) is 0 Å². The standard InChI is InChI=1S/C19H27N3O5/c1-4-27-16-11-13(17(23)22(2)3)7-10-15(16)21-19(26)20-14-8-5-12(6-9-14)18(24)25/h7,10-12,14H,4-6,8-9H2,1-3H3,(H,24,25)(H2,20,21,26). The number of amides is 3. The van der Waals surface area contributed by atoms with Crippen LogP contribution in [0.15, 0.2) is 18.2 Å². The molecule has 148 valence electrons. The van der Waals surface area contributed by atoms with Crippen molar-refractivity contribution in [1.29, 1.82) is 0 Å². The molecular formula is C19H27N3O5. The van der Waals surface area contributed by atoms with E-state index in [2.05, 4.69) is 10.6 Å². The first-order chi connectivity index (χ1) is 12.8. The lowest BCUT2D eigenvalue weighted by Gasteiger charge is -2.27. The van der Waals surface area contributed by atoms with E-state index >= 15 is 0 Å². The number of carbonyl (C=O) groups excluding carboxylic acids is 2. The normalized spacial score (nSPS) is 19.1. The van der Waals surface area contributed by atoms with Crippen LogP contribution in [0.1, 0.15) is 43.0 Å². The summed E-state index contributed by atoms with van der Waals surface area (Å²) in [6.07, 6.45) is 2.40. The summed E-state index contributed by atoms with van der Waals surface area (Å²) >= 11 is 0. The van der Waals surface area contributed by atoms with Gasteiger partial charge in [0.1, 0.15) is 5.75 Å². The fourth-order valence-corrected chi connectivity index (χ4v) is 3.12. The van der Waals surface area contributed by atoms with Crippen molar-refractivity contribution in [2.24, 2.45) is 5.92 Å². The second-order valence-electron chi connectivity index (χ2n) is 6.83. The highest BCUT2D eigenvalue weighted by Crippen LogP contribution is 2.27. The first-order valence-corrected chi connectivity index (χ1v) is 9.10. The molecule has 0 spiro atoms. The quantitative estimate of drug-likeness (QED) is 0.706. The molecule has 0 bridgehead atoms. The van der Waals surface area contributed by atoms with Crippen molar-refractivity contribution >= 4 is 23.6 Å². The van der Waals surface area contributed by atoms with Crippen molar-refractivity contribution < 1.29 is 24.2 Å². The minimum Gasteiger partial charge on any atom is -0.492 e. The Morgan fingerprint density at radius 2 is 1.85 bits per heavy atom. The van der Waals surface area contributed by atoms with Crippen molar-refractivity contribution in [3.8, 4) is 5.75 Å². The summed E-state index contributed by atoms with van der Waals surface area (Å²) in [6.45, 7) is 2.22. The molecule has 0 heterocycles. The van der Waals surface area contributed by atoms with Gasteiger partial charge in [0, 0.05) is 25.7 Å². The second kappa shape index (κ2) is 9.25. The Labute approximate surface area is 158 Å². The van der Waals surface area contributed by atoms with E-state index in [4.69, 9.17) is 9.84 Å². The molecule has 0 unspecified atom stereocenters. The lowest BCUT2D eigenvalue weighted by Crippen LogP contribution is -2.41. The largest absolute Gasteiger partial charge is 0.492 e. The summed E-state index contributed by atoms with van der Waals surface area (Å²) < 4.78 is 5.56. The van der Waals surface area contributed by atoms with Crippen molar-refractivity contribution in [2.75, 3.05) is 26.0 Å². The monoisotopic (exact) mass is 377 g/mol. The van der Waals surface area contributed by atoms with E-state index in [1.54, 1.807) is 32.3 Å². The average Bonchev–Trinajstić information content (AvgIpc) is 2.63. The number of nitrogens with one attached hydrogen (secondary N) is 2. The highest BCUT2D eigenvalue weighted by atomic mass is 16.5. The number of carbonyl (C=O) groups is 3. The predicted octanol–water partition coefficient (Wildman–Crippen LogP) is 2.55. The molecule has 2 rings (SSSR count). The Hall–Kier alpha value is -2.77. The Bertz CT molecular complexity index is 697. The number of ether oxygens (including phenoxy) is 1. The molecule has 0 saturated heterocycles. The summed E-state index contributed by atoms with van der Waals surface area (Å²) in [5.41, 5.74) is 0.949. The predicted molar refractivity (Wildman–Crippen MR) is 101 cm³/mol. The number of aliphatic carboxylic acids is 1. The molecule has 27 heavy (non-hydrogen) atoms. The first kappa shape index (κ1) is 20.5. The van der Waals surface area contributed by atoms with Crippen LogP contribution in [-0.2, 0) is 4.79 Å². The van der Waals surface area contributed by atoms with Gasteiger partial charge in [-0.25, -0.2) is 4.79 Å². The van der Waals surface area contributed by atoms with Crippen LogP contribution in [0.5, 0.6) is 5.75 Å². The molecule has 3 N–H and O–H groups in total. The van der Waals surface area contributed by atoms with E-state index in [1.165, 1.54) is 4.90 Å². The third kappa shape index (κ3) is 5.60. The number of benzene rings is 1. The van der Waals surface area contributed by atoms with Gasteiger partial charge >= 0.3 is 12.0 Å². The SMILES string of the molecule is CCOc1cc(C(=O)N(C)C)ccc1NC(=O)NC1CCC(C(=O)O)CC1. The maximum absolute atomic E-state index is 12.3. The molecule has 0 atom stereocenters. The van der Waals surface area contributed by atoms with Crippen LogP contribution in [0.3, 0.4) is 0 Å². The number of nitrogens with zero attached hydrogens (tertiary/aromatic N) is 1. The molecule has 1 aliphatic rings. The third-order valence-corrected chi connectivity index (χ3v) is 4.59. The third-order valence-electron chi connectivity index (χ3n) is 4.59. The Balaban J connectivity index is 2.00. The zero-order valence-electron chi connectivity index (χ0n) is 15.9. The molecule has 1 aliphatic carbocycles. The van der Waals surface area contributed by atoms with Gasteiger partial charge in [0.2, 0.25) is 0 Å². The first-order valence-electron chi connectivity index (χ1n) is 9.10. The summed E-state index contributed by atoms with van der Waals surface area (Å²) in [7, 11) is 3.34. The lowest BCUT2D eigenvalue weighted by atomic mass is 9.86. The highest BCUT2D eigenvalue weighted by molar-refractivity contribution is 5.96. The van der Waals surface area contributed by atoms with Gasteiger partial charge < -0.3 is 25.4 Å². The van der Waals surface area contributed by atoms with E-state index < -0.39 is 5.97 Å². The maximum atomic E-state index is 12.3. The molecule has 0 aliphatic heterocycles. The van der Waals surface area contributed by atoms with E-state index in [1.807, 2.05) is 6.92 Å². The van der Waals surface area contributed by atoms with Gasteiger partial charge in [0.05, 0.1) is 18.2 Å². The topological polar surface area (TPSA) is 108 Å². The van der Waals surface area contributed by atoms with E-state index in [-0.39, 0.29) is 23.9 Å². The number of urea groups is 1. The average molecular weight is 377 g/mol. The molecule has 3 amide bonds. The van der Waals surface area contributed by atoms with E-state index in [9.17, 15) is 14.4 Å². The Kier molecular flexibility index (Phi) is 7.04. The van der Waals surface area contributed by atoms with Crippen LogP contribution in [0, 0.1) is 5.92 Å². The number of hydrogen-bond donors (Lipinski definition) is 3. The van der Waals surface area contributed by atoms with Crippen LogP contribution >= 0.6 is 0 Å². The van der Waals surface area contributed by atoms with Crippen LogP contribution < -0.4 is 15.4 Å². The summed E-state index contributed by atoms with van der Waals surface area (Å²) in [6, 6.07) is 4.47. The van der Waals surface area contributed by atoms with Crippen molar-refractivity contribution in [2.45, 2.75) is 38.6 Å². The number of carboxylic acid groups (broad SMARTS) is 1. The zero-order chi connectivity index (χ0) is 20.0. The molecule has 1 saturated carbocycles. The smallest absolute Gasteiger partial charge is 0.319 e. The molecular weight excluding hydrogens is 350 g/mol. The minimum absolute atomic E-state index is 0.0502. The minimum atomic E-state index is -0.772. The van der Waals surface area contributed by atoms with Gasteiger partial charge in [-0.05, 0) is 50.8 Å². The lowest BCUT2D eigenvalue weighted by molar-refractivity contribution is -0.142. The van der Waals surface area contributed by atoms with Crippen LogP contribution in [0.25, 0.3) is 0 Å². The molecule has 1 aromatic carbocycles. The van der Waals surface area contributed by atoms with Gasteiger partial charge in [0.25, 0.3) is 5.91 Å². The summed E-state index contributed by atoms with van der Waals surface area (Å²) in [5.74, 6) is -0.818. The van der Waals surface area contributed by atoms with Gasteiger partial charge in [0.15, 0.2) is 0 Å². The Morgan fingerprint density at radius 1 is 1.19 bits per heavy atom. The highest BCUT2D eigenvalue weighted by Gasteiger charge is 2.26. The molecule has 0 radical (unpaired) electrons. The molecule has 1 fully saturated rings. The van der Waals surface area contributed by atoms with Gasteiger partial charge in [-0.3, -0.25) is 9.59 Å². The van der Waals surface area contributed by atoms with Gasteiger partial charge in [-0.2, -0.15) is 0 Å². The number of carboxylic acids is 1. The summed E-state index contributed by atoms with van der Waals surface area (Å²) in [4.78, 5) is 36.9. The van der Waals surface area contributed by atoms with Crippen molar-refractivity contribution in [3.63, 3.8) is 0 Å². The fourth-order valence-electron chi connectivity index (χ4n) is 3.12. The van der Waals surface area contributed by atoms with E-state index in [0.29, 0.717) is 49.3 Å². The van der Waals surface area contributed by atoms with Gasteiger partial charge in [-0.1, -0.05) is 0 Å². The molecule has 1 aromatic rings. The number of hydrogen-bond acceptors (Lipinski definition) is 4.